The van der Waals surface area contributed by atoms with Crippen LogP contribution >= 0.6 is 0 Å². The van der Waals surface area contributed by atoms with Crippen molar-refractivity contribution in [1.29, 1.82) is 0 Å². The number of esters is 4. The van der Waals surface area contributed by atoms with Crippen LogP contribution in [0.25, 0.3) is 0 Å². The molecule has 0 fully saturated rings. The van der Waals surface area contributed by atoms with E-state index in [1.807, 2.05) is 27.7 Å². The van der Waals surface area contributed by atoms with Gasteiger partial charge in [0.2, 0.25) is 0 Å². The molecular weight excluding hydrogens is 809 g/mol. The molecule has 316 valence electrons. The molecule has 0 radical (unpaired) electrons. The summed E-state index contributed by atoms with van der Waals surface area (Å²) in [7, 11) is -9.73. The van der Waals surface area contributed by atoms with Crippen LogP contribution in [0.3, 0.4) is 0 Å². The van der Waals surface area contributed by atoms with Crippen molar-refractivity contribution in [2.45, 2.75) is 167 Å². The van der Waals surface area contributed by atoms with Crippen molar-refractivity contribution >= 4 is 81.9 Å². The average molecular weight is 867 g/mol. The Morgan fingerprint density at radius 2 is 0.649 bits per heavy atom. The largest absolute Gasteiger partial charge is 2.00 e. The first-order valence-electron chi connectivity index (χ1n) is 19.2. The normalized spacial score (nSPS) is 13.4. The van der Waals surface area contributed by atoms with Crippen LogP contribution in [0.1, 0.15) is 174 Å². The number of hydrogen-bond donors (Lipinski definition) is 0. The summed E-state index contributed by atoms with van der Waals surface area (Å²) in [6, 6.07) is 6.09. The number of carbonyl (C=O) groups is 4. The minimum Gasteiger partial charge on any atom is -0.744 e. The molecule has 4 unspecified atom stereocenters. The Balaban J connectivity index is 0.00000108. The molecule has 2 aromatic carbocycles. The molecule has 2 aromatic rings. The van der Waals surface area contributed by atoms with Crippen LogP contribution in [-0.4, -0.2) is 112 Å². The molecule has 0 saturated carbocycles. The summed E-state index contributed by atoms with van der Waals surface area (Å²) >= 11 is 0. The van der Waals surface area contributed by atoms with E-state index in [9.17, 15) is 45.1 Å². The van der Waals surface area contributed by atoms with Gasteiger partial charge in [-0.3, -0.25) is 0 Å². The van der Waals surface area contributed by atoms with E-state index in [0.717, 1.165) is 75.6 Å². The van der Waals surface area contributed by atoms with Crippen molar-refractivity contribution in [2.24, 2.45) is 0 Å². The molecule has 0 bridgehead atoms. The molecule has 0 saturated heterocycles. The summed E-state index contributed by atoms with van der Waals surface area (Å²) in [5, 5.41) is 0. The summed E-state index contributed by atoms with van der Waals surface area (Å²) in [6.45, 7) is 15.0. The summed E-state index contributed by atoms with van der Waals surface area (Å²) in [4.78, 5) is 48.1. The number of hydrogen-bond acceptors (Lipinski definition) is 14. The van der Waals surface area contributed by atoms with Gasteiger partial charge in [0.05, 0.1) is 56.5 Å². The first-order chi connectivity index (χ1) is 26.2. The predicted octanol–water partition coefficient (Wildman–Crippen LogP) is 7.74. The molecule has 4 atom stereocenters. The van der Waals surface area contributed by atoms with Gasteiger partial charge in [0.25, 0.3) is 0 Å². The molecule has 0 aromatic heterocycles. The maximum absolute atomic E-state index is 12.4. The number of ether oxygens (including phenoxy) is 4. The van der Waals surface area contributed by atoms with E-state index in [-0.39, 0.29) is 84.4 Å². The maximum Gasteiger partial charge on any atom is 2.00 e. The van der Waals surface area contributed by atoms with Crippen LogP contribution in [0.5, 0.6) is 0 Å². The third-order valence-corrected chi connectivity index (χ3v) is 10.0. The Hall–Kier alpha value is -2.60. The van der Waals surface area contributed by atoms with Gasteiger partial charge in [0, 0.05) is 0 Å². The van der Waals surface area contributed by atoms with Crippen molar-refractivity contribution in [1.82, 2.24) is 0 Å². The van der Waals surface area contributed by atoms with Crippen LogP contribution in [0.4, 0.5) is 0 Å². The molecular formula is C40H58CaO14S2. The third kappa shape index (κ3) is 21.3. The first-order valence-corrected chi connectivity index (χ1v) is 22.0. The number of unbranched alkanes of at least 4 members (excludes halogenated alkanes) is 4. The van der Waals surface area contributed by atoms with Gasteiger partial charge in [-0.25, -0.2) is 36.0 Å². The minimum absolute atomic E-state index is 0. The summed E-state index contributed by atoms with van der Waals surface area (Å²) in [5.41, 5.74) is -0.691. The van der Waals surface area contributed by atoms with Crippen LogP contribution in [0, 0.1) is 0 Å². The number of rotatable bonds is 22. The van der Waals surface area contributed by atoms with E-state index in [1.165, 1.54) is 12.1 Å². The van der Waals surface area contributed by atoms with Gasteiger partial charge in [-0.15, -0.1) is 0 Å². The van der Waals surface area contributed by atoms with E-state index >= 15 is 0 Å². The Labute approximate surface area is 368 Å². The van der Waals surface area contributed by atoms with Gasteiger partial charge in [-0.05, 0) is 89.8 Å². The second kappa shape index (κ2) is 27.2. The van der Waals surface area contributed by atoms with Crippen molar-refractivity contribution in [2.75, 3.05) is 0 Å². The van der Waals surface area contributed by atoms with Crippen molar-refractivity contribution in [3.8, 4) is 0 Å². The van der Waals surface area contributed by atoms with Gasteiger partial charge >= 0.3 is 61.6 Å². The van der Waals surface area contributed by atoms with Crippen molar-refractivity contribution in [3.63, 3.8) is 0 Å². The van der Waals surface area contributed by atoms with Crippen molar-refractivity contribution in [3.05, 3.63) is 58.7 Å². The van der Waals surface area contributed by atoms with E-state index < -0.39 is 53.9 Å². The second-order valence-corrected chi connectivity index (χ2v) is 16.6. The molecule has 0 N–H and O–H groups in total. The Morgan fingerprint density at radius 1 is 0.456 bits per heavy atom. The zero-order chi connectivity index (χ0) is 42.6. The van der Waals surface area contributed by atoms with Crippen LogP contribution in [0.2, 0.25) is 0 Å². The molecule has 0 amide bonds. The van der Waals surface area contributed by atoms with Crippen molar-refractivity contribution < 1.29 is 64.1 Å². The van der Waals surface area contributed by atoms with Gasteiger partial charge in [-0.1, -0.05) is 79.1 Å². The molecule has 57 heavy (non-hydrogen) atoms. The maximum atomic E-state index is 12.4. The fraction of sp³-hybridized carbons (Fsp3) is 0.600. The Kier molecular flexibility index (Phi) is 26.0. The van der Waals surface area contributed by atoms with E-state index in [4.69, 9.17) is 18.9 Å². The average Bonchev–Trinajstić information content (AvgIpc) is 3.13. The standard InChI is InChI=1S/2C20H30O7S.Ca/c2*1-5-7-9-14(3)26-19(21)16-11-17(13-18(12-16)28(23,24)25)20(22)27-15(4)10-8-6-2;/h2*11-15H,5-10H2,1-4H3,(H,23,24,25);/q;;+2/p-2. The molecule has 0 spiro atoms. The van der Waals surface area contributed by atoms with Gasteiger partial charge in [0.1, 0.15) is 20.2 Å². The fourth-order valence-electron chi connectivity index (χ4n) is 5.16. The topological polar surface area (TPSA) is 220 Å². The first kappa shape index (κ1) is 54.4. The fourth-order valence-corrected chi connectivity index (χ4v) is 6.25. The van der Waals surface area contributed by atoms with Gasteiger partial charge < -0.3 is 28.1 Å². The molecule has 14 nitrogen and oxygen atoms in total. The van der Waals surface area contributed by atoms with Gasteiger partial charge in [-0.2, -0.15) is 0 Å². The third-order valence-electron chi connectivity index (χ3n) is 8.42. The zero-order valence-corrected chi connectivity index (χ0v) is 38.3. The van der Waals surface area contributed by atoms with E-state index in [0.29, 0.717) is 25.7 Å². The summed E-state index contributed by atoms with van der Waals surface area (Å²) < 4.78 is 89.8. The Morgan fingerprint density at radius 3 is 0.807 bits per heavy atom. The molecule has 0 aliphatic rings. The summed E-state index contributed by atoms with van der Waals surface area (Å²) in [6.07, 6.45) is 8.41. The second-order valence-electron chi connectivity index (χ2n) is 13.8. The minimum atomic E-state index is -4.87. The number of carbonyl (C=O) groups excluding carboxylic acids is 4. The van der Waals surface area contributed by atoms with Gasteiger partial charge in [0.15, 0.2) is 0 Å². The van der Waals surface area contributed by atoms with Crippen LogP contribution in [0.15, 0.2) is 46.2 Å². The van der Waals surface area contributed by atoms with Crippen LogP contribution in [-0.2, 0) is 39.2 Å². The van der Waals surface area contributed by atoms with E-state index in [2.05, 4.69) is 0 Å². The monoisotopic (exact) mass is 866 g/mol. The number of benzene rings is 2. The molecule has 0 aliphatic carbocycles. The molecule has 17 heteroatoms. The van der Waals surface area contributed by atoms with Crippen LogP contribution < -0.4 is 0 Å². The Bertz CT molecular complexity index is 1590. The summed E-state index contributed by atoms with van der Waals surface area (Å²) in [5.74, 6) is -3.16. The zero-order valence-electron chi connectivity index (χ0n) is 34.5. The SMILES string of the molecule is CCCCC(C)OC(=O)c1cc(C(=O)OC(C)CCCC)cc(S(=O)(=O)[O-])c1.CCCCC(C)OC(=O)c1cc(C(=O)OC(C)CCCC)cc(S(=O)(=O)[O-])c1.[Ca+2]. The molecule has 0 heterocycles. The predicted molar refractivity (Wildman–Crippen MR) is 212 cm³/mol. The molecule has 2 rings (SSSR count). The molecule has 0 aliphatic heterocycles. The quantitative estimate of drug-likeness (QED) is 0.0478. The smallest absolute Gasteiger partial charge is 0.744 e. The van der Waals surface area contributed by atoms with E-state index in [1.54, 1.807) is 27.7 Å².